The van der Waals surface area contributed by atoms with Gasteiger partial charge in [0.1, 0.15) is 5.75 Å². The number of methoxy groups -OCH3 is 1. The number of ether oxygens (including phenoxy) is 2. The van der Waals surface area contributed by atoms with Gasteiger partial charge in [0.25, 0.3) is 0 Å². The Morgan fingerprint density at radius 3 is 2.76 bits per heavy atom. The maximum Gasteiger partial charge on any atom is 0.246 e. The lowest BCUT2D eigenvalue weighted by Gasteiger charge is -2.34. The predicted molar refractivity (Wildman–Crippen MR) is 109 cm³/mol. The van der Waals surface area contributed by atoms with Crippen LogP contribution in [0.1, 0.15) is 16.7 Å². The molecule has 152 valence electrons. The first-order valence-corrected chi connectivity index (χ1v) is 9.90. The summed E-state index contributed by atoms with van der Waals surface area (Å²) in [6.07, 6.45) is 4.14. The first kappa shape index (κ1) is 19.5. The maximum absolute atomic E-state index is 13.8. The van der Waals surface area contributed by atoms with Crippen LogP contribution in [-0.4, -0.2) is 55.6 Å². The fraction of sp³-hybridized carbons (Fsp3) is 0.348. The number of rotatable bonds is 5. The normalized spacial score (nSPS) is 16.7. The minimum absolute atomic E-state index is 0.0458. The van der Waals surface area contributed by atoms with Crippen LogP contribution in [0.2, 0.25) is 0 Å². The van der Waals surface area contributed by atoms with Crippen molar-refractivity contribution in [2.24, 2.45) is 0 Å². The highest BCUT2D eigenvalue weighted by Gasteiger charge is 2.20. The molecular weight excluding hydrogens is 371 g/mol. The van der Waals surface area contributed by atoms with E-state index in [0.29, 0.717) is 18.7 Å². The van der Waals surface area contributed by atoms with Crippen LogP contribution in [0.3, 0.4) is 0 Å². The number of amides is 1. The summed E-state index contributed by atoms with van der Waals surface area (Å²) >= 11 is 0. The van der Waals surface area contributed by atoms with E-state index in [-0.39, 0.29) is 11.7 Å². The van der Waals surface area contributed by atoms with Crippen LogP contribution in [0.25, 0.3) is 6.08 Å². The first-order chi connectivity index (χ1) is 14.1. The van der Waals surface area contributed by atoms with Crippen LogP contribution in [0.15, 0.2) is 42.5 Å². The summed E-state index contributed by atoms with van der Waals surface area (Å²) in [6, 6.07) is 11.1. The minimum atomic E-state index is -0.436. The lowest BCUT2D eigenvalue weighted by atomic mass is 10.1. The van der Waals surface area contributed by atoms with Crippen molar-refractivity contribution in [2.45, 2.75) is 13.0 Å². The molecule has 2 heterocycles. The quantitative estimate of drug-likeness (QED) is 0.729. The first-order valence-electron chi connectivity index (χ1n) is 9.90. The summed E-state index contributed by atoms with van der Waals surface area (Å²) in [5, 5.41) is 0. The zero-order chi connectivity index (χ0) is 20.2. The van der Waals surface area contributed by atoms with Crippen molar-refractivity contribution in [3.8, 4) is 11.5 Å². The molecular formula is C23H25FN2O3. The van der Waals surface area contributed by atoms with Gasteiger partial charge in [-0.25, -0.2) is 4.39 Å². The van der Waals surface area contributed by atoms with Crippen LogP contribution in [0.5, 0.6) is 11.5 Å². The molecule has 2 aromatic carbocycles. The molecule has 0 N–H and O–H groups in total. The number of carbonyl (C=O) groups excluding carboxylic acids is 1. The molecule has 0 bridgehead atoms. The van der Waals surface area contributed by atoms with E-state index in [2.05, 4.69) is 23.1 Å². The van der Waals surface area contributed by atoms with E-state index in [0.717, 1.165) is 38.4 Å². The van der Waals surface area contributed by atoms with E-state index in [4.69, 9.17) is 9.47 Å². The van der Waals surface area contributed by atoms with E-state index in [1.54, 1.807) is 18.2 Å². The van der Waals surface area contributed by atoms with Gasteiger partial charge in [-0.3, -0.25) is 9.69 Å². The number of halogens is 1. The van der Waals surface area contributed by atoms with E-state index >= 15 is 0 Å². The van der Waals surface area contributed by atoms with Gasteiger partial charge in [0.2, 0.25) is 5.91 Å². The van der Waals surface area contributed by atoms with E-state index in [1.807, 2.05) is 4.90 Å². The van der Waals surface area contributed by atoms with Crippen molar-refractivity contribution >= 4 is 12.0 Å². The Morgan fingerprint density at radius 2 is 2.00 bits per heavy atom. The lowest BCUT2D eigenvalue weighted by Crippen LogP contribution is -2.47. The number of carbonyl (C=O) groups is 1. The molecule has 1 amide bonds. The number of fused-ring (bicyclic) bond motifs is 1. The molecule has 2 aliphatic rings. The molecule has 0 saturated carbocycles. The molecule has 0 spiro atoms. The van der Waals surface area contributed by atoms with Gasteiger partial charge in [0.15, 0.2) is 11.6 Å². The Morgan fingerprint density at radius 1 is 1.17 bits per heavy atom. The van der Waals surface area contributed by atoms with Crippen molar-refractivity contribution in [2.75, 3.05) is 39.9 Å². The number of benzene rings is 2. The van der Waals surface area contributed by atoms with Crippen molar-refractivity contribution < 1.29 is 18.7 Å². The standard InChI is InChI=1S/C23H25FN2O3/c1-28-22-6-2-17(15-20(22)24)4-7-23(27)26-11-9-25(10-12-26)16-18-3-5-21-19(14-18)8-13-29-21/h2-7,14-15H,8-13,16H2,1H3/b7-4+. The molecule has 2 aromatic rings. The molecule has 0 aromatic heterocycles. The summed E-state index contributed by atoms with van der Waals surface area (Å²) in [6.45, 7) is 4.71. The second-order valence-electron chi connectivity index (χ2n) is 7.37. The van der Waals surface area contributed by atoms with E-state index in [1.165, 1.54) is 30.4 Å². The number of piperazine rings is 1. The summed E-state index contributed by atoms with van der Waals surface area (Å²) in [4.78, 5) is 16.7. The van der Waals surface area contributed by atoms with Crippen LogP contribution < -0.4 is 9.47 Å². The molecule has 0 aliphatic carbocycles. The van der Waals surface area contributed by atoms with Gasteiger partial charge in [0.05, 0.1) is 13.7 Å². The molecule has 0 radical (unpaired) electrons. The van der Waals surface area contributed by atoms with Gasteiger partial charge in [-0.2, -0.15) is 0 Å². The monoisotopic (exact) mass is 396 g/mol. The minimum Gasteiger partial charge on any atom is -0.494 e. The van der Waals surface area contributed by atoms with Crippen molar-refractivity contribution in [3.05, 3.63) is 65.0 Å². The largest absolute Gasteiger partial charge is 0.494 e. The third kappa shape index (κ3) is 4.59. The Labute approximate surface area is 170 Å². The summed E-state index contributed by atoms with van der Waals surface area (Å²) in [5.74, 6) is 0.720. The van der Waals surface area contributed by atoms with Crippen LogP contribution in [0, 0.1) is 5.82 Å². The van der Waals surface area contributed by atoms with Gasteiger partial charge < -0.3 is 14.4 Å². The Kier molecular flexibility index (Phi) is 5.81. The van der Waals surface area contributed by atoms with Gasteiger partial charge in [-0.15, -0.1) is 0 Å². The Hall–Kier alpha value is -2.86. The summed E-state index contributed by atoms with van der Waals surface area (Å²) < 4.78 is 24.2. The highest BCUT2D eigenvalue weighted by atomic mass is 19.1. The number of hydrogen-bond donors (Lipinski definition) is 0. The van der Waals surface area contributed by atoms with Crippen molar-refractivity contribution in [1.82, 2.24) is 9.80 Å². The van der Waals surface area contributed by atoms with Gasteiger partial charge in [0, 0.05) is 45.2 Å². The smallest absolute Gasteiger partial charge is 0.246 e. The average Bonchev–Trinajstić information content (AvgIpc) is 3.20. The molecule has 4 rings (SSSR count). The van der Waals surface area contributed by atoms with Gasteiger partial charge in [-0.05, 0) is 41.0 Å². The van der Waals surface area contributed by atoms with E-state index in [9.17, 15) is 9.18 Å². The van der Waals surface area contributed by atoms with Crippen LogP contribution in [-0.2, 0) is 17.8 Å². The fourth-order valence-electron chi connectivity index (χ4n) is 3.78. The zero-order valence-electron chi connectivity index (χ0n) is 16.6. The highest BCUT2D eigenvalue weighted by molar-refractivity contribution is 5.91. The highest BCUT2D eigenvalue weighted by Crippen LogP contribution is 2.26. The molecule has 6 heteroatoms. The molecule has 0 unspecified atom stereocenters. The lowest BCUT2D eigenvalue weighted by molar-refractivity contribution is -0.127. The topological polar surface area (TPSA) is 42.0 Å². The molecule has 29 heavy (non-hydrogen) atoms. The van der Waals surface area contributed by atoms with Gasteiger partial charge in [-0.1, -0.05) is 18.2 Å². The Balaban J connectivity index is 1.28. The zero-order valence-corrected chi connectivity index (χ0v) is 16.6. The summed E-state index contributed by atoms with van der Waals surface area (Å²) in [7, 11) is 1.43. The molecule has 2 aliphatic heterocycles. The predicted octanol–water partition coefficient (Wildman–Crippen LogP) is 3.13. The third-order valence-electron chi connectivity index (χ3n) is 5.44. The number of nitrogens with zero attached hydrogens (tertiary/aromatic N) is 2. The second-order valence-corrected chi connectivity index (χ2v) is 7.37. The van der Waals surface area contributed by atoms with Crippen molar-refractivity contribution in [1.29, 1.82) is 0 Å². The maximum atomic E-state index is 13.8. The fourth-order valence-corrected chi connectivity index (χ4v) is 3.78. The second kappa shape index (κ2) is 8.66. The Bertz CT molecular complexity index is 920. The van der Waals surface area contributed by atoms with Crippen LogP contribution in [0.4, 0.5) is 4.39 Å². The molecule has 0 atom stereocenters. The van der Waals surface area contributed by atoms with E-state index < -0.39 is 5.82 Å². The molecule has 5 nitrogen and oxygen atoms in total. The average molecular weight is 396 g/mol. The van der Waals surface area contributed by atoms with Gasteiger partial charge >= 0.3 is 0 Å². The SMILES string of the molecule is COc1ccc(/C=C/C(=O)N2CCN(Cc3ccc4c(c3)CCO4)CC2)cc1F. The van der Waals surface area contributed by atoms with Crippen LogP contribution >= 0.6 is 0 Å². The molecule has 1 fully saturated rings. The van der Waals surface area contributed by atoms with Crippen molar-refractivity contribution in [3.63, 3.8) is 0 Å². The third-order valence-corrected chi connectivity index (χ3v) is 5.44. The summed E-state index contributed by atoms with van der Waals surface area (Å²) in [5.41, 5.74) is 3.21. The number of hydrogen-bond acceptors (Lipinski definition) is 4. The molecule has 1 saturated heterocycles.